The highest BCUT2D eigenvalue weighted by Gasteiger charge is 2.32. The molecule has 0 spiro atoms. The number of nitrogens with zero attached hydrogens (tertiary/aromatic N) is 1. The number of benzene rings is 1. The molecule has 1 atom stereocenters. The molecule has 23 heavy (non-hydrogen) atoms. The van der Waals surface area contributed by atoms with Gasteiger partial charge in [-0.2, -0.15) is 0 Å². The first kappa shape index (κ1) is 18.4. The van der Waals surface area contributed by atoms with E-state index in [0.717, 1.165) is 5.56 Å². The maximum Gasteiger partial charge on any atom is 0.357 e. The summed E-state index contributed by atoms with van der Waals surface area (Å²) in [6.07, 6.45) is 0. The molecule has 0 fully saturated rings. The summed E-state index contributed by atoms with van der Waals surface area (Å²) in [5.41, 5.74) is 1.71. The number of carbonyl (C=O) groups excluding carboxylic acids is 2. The Bertz CT molecular complexity index is 604. The summed E-state index contributed by atoms with van der Waals surface area (Å²) in [5.74, 6) is -2.13. The molecule has 124 valence electrons. The van der Waals surface area contributed by atoms with Crippen LogP contribution in [0.15, 0.2) is 41.6 Å². The van der Waals surface area contributed by atoms with Crippen LogP contribution < -0.4 is 0 Å². The van der Waals surface area contributed by atoms with E-state index in [1.54, 1.807) is 19.1 Å². The number of hydrogen-bond donors (Lipinski definition) is 0. The molecule has 0 bridgehead atoms. The van der Waals surface area contributed by atoms with Gasteiger partial charge in [-0.15, -0.1) is 0 Å². The van der Waals surface area contributed by atoms with Crippen LogP contribution in [0.2, 0.25) is 0 Å². The maximum atomic E-state index is 12.2. The zero-order valence-corrected chi connectivity index (χ0v) is 13.8. The van der Waals surface area contributed by atoms with Gasteiger partial charge in [-0.25, -0.2) is 9.59 Å². The molecule has 0 saturated heterocycles. The van der Waals surface area contributed by atoms with Gasteiger partial charge in [0.15, 0.2) is 5.71 Å². The second-order valence-corrected chi connectivity index (χ2v) is 4.74. The molecule has 6 heteroatoms. The van der Waals surface area contributed by atoms with Gasteiger partial charge in [-0.05, 0) is 19.4 Å². The van der Waals surface area contributed by atoms with E-state index in [4.69, 9.17) is 14.3 Å². The number of rotatable bonds is 7. The van der Waals surface area contributed by atoms with E-state index in [-0.39, 0.29) is 17.9 Å². The van der Waals surface area contributed by atoms with Crippen LogP contribution in [0, 0.1) is 6.92 Å². The number of ether oxygens (including phenoxy) is 2. The molecule has 6 nitrogen and oxygen atoms in total. The predicted octanol–water partition coefficient (Wildman–Crippen LogP) is 2.37. The van der Waals surface area contributed by atoms with Crippen molar-refractivity contribution in [2.24, 2.45) is 5.16 Å². The van der Waals surface area contributed by atoms with Gasteiger partial charge in [0.25, 0.3) is 0 Å². The lowest BCUT2D eigenvalue weighted by Gasteiger charge is -2.19. The van der Waals surface area contributed by atoms with Gasteiger partial charge in [0.2, 0.25) is 0 Å². The minimum Gasteiger partial charge on any atom is -0.466 e. The summed E-state index contributed by atoms with van der Waals surface area (Å²) < 4.78 is 9.72. The van der Waals surface area contributed by atoms with Gasteiger partial charge in [-0.3, -0.25) is 0 Å². The van der Waals surface area contributed by atoms with Gasteiger partial charge in [-0.1, -0.05) is 41.6 Å². The Morgan fingerprint density at radius 2 is 1.78 bits per heavy atom. The van der Waals surface area contributed by atoms with E-state index in [1.807, 2.05) is 19.1 Å². The van der Waals surface area contributed by atoms with Gasteiger partial charge in [0.05, 0.1) is 19.6 Å². The standard InChI is InChI=1S/C17H21NO5/c1-6-23-17(20)15(18-22-5)14(12(3)16(19)21-4)13-9-7-11(2)8-10-13/h7-10,14H,3,6H2,1-2,4-5H3/b18-15+. The van der Waals surface area contributed by atoms with Crippen molar-refractivity contribution in [3.63, 3.8) is 0 Å². The lowest BCUT2D eigenvalue weighted by Crippen LogP contribution is -2.29. The summed E-state index contributed by atoms with van der Waals surface area (Å²) in [7, 11) is 2.56. The molecule has 0 aliphatic heterocycles. The third-order valence-electron chi connectivity index (χ3n) is 3.15. The average Bonchev–Trinajstić information content (AvgIpc) is 2.55. The second kappa shape index (κ2) is 8.73. The van der Waals surface area contributed by atoms with Crippen molar-refractivity contribution in [2.75, 3.05) is 20.8 Å². The molecule has 1 aromatic rings. The molecule has 1 unspecified atom stereocenters. The fourth-order valence-corrected chi connectivity index (χ4v) is 2.04. The van der Waals surface area contributed by atoms with Gasteiger partial charge < -0.3 is 14.3 Å². The molecule has 0 saturated carbocycles. The number of oxime groups is 1. The van der Waals surface area contributed by atoms with Crippen molar-refractivity contribution < 1.29 is 23.9 Å². The van der Waals surface area contributed by atoms with Gasteiger partial charge in [0.1, 0.15) is 7.11 Å². The van der Waals surface area contributed by atoms with E-state index < -0.39 is 17.9 Å². The minimum atomic E-state index is -0.818. The topological polar surface area (TPSA) is 74.2 Å². The molecule has 0 radical (unpaired) electrons. The predicted molar refractivity (Wildman–Crippen MR) is 86.2 cm³/mol. The molecule has 0 N–H and O–H groups in total. The van der Waals surface area contributed by atoms with Crippen LogP contribution in [0.25, 0.3) is 0 Å². The monoisotopic (exact) mass is 319 g/mol. The minimum absolute atomic E-state index is 0.0615. The summed E-state index contributed by atoms with van der Waals surface area (Å²) in [6, 6.07) is 7.31. The molecular weight excluding hydrogens is 298 g/mol. The van der Waals surface area contributed by atoms with Crippen LogP contribution in [0.1, 0.15) is 24.0 Å². The zero-order valence-electron chi connectivity index (χ0n) is 13.8. The second-order valence-electron chi connectivity index (χ2n) is 4.74. The maximum absolute atomic E-state index is 12.2. The fourth-order valence-electron chi connectivity index (χ4n) is 2.04. The van der Waals surface area contributed by atoms with Crippen LogP contribution in [0.3, 0.4) is 0 Å². The van der Waals surface area contributed by atoms with Crippen molar-refractivity contribution in [1.29, 1.82) is 0 Å². The lowest BCUT2D eigenvalue weighted by atomic mass is 9.87. The van der Waals surface area contributed by atoms with Crippen molar-refractivity contribution in [1.82, 2.24) is 0 Å². The number of methoxy groups -OCH3 is 1. The molecule has 0 aromatic heterocycles. The van der Waals surface area contributed by atoms with E-state index in [1.165, 1.54) is 14.2 Å². The Balaban J connectivity index is 3.39. The zero-order chi connectivity index (χ0) is 17.4. The first-order valence-electron chi connectivity index (χ1n) is 7.08. The third kappa shape index (κ3) is 4.67. The van der Waals surface area contributed by atoms with Crippen molar-refractivity contribution in [3.8, 4) is 0 Å². The fraction of sp³-hybridized carbons (Fsp3) is 0.353. The molecular formula is C17H21NO5. The van der Waals surface area contributed by atoms with Crippen molar-refractivity contribution in [2.45, 2.75) is 19.8 Å². The summed E-state index contributed by atoms with van der Waals surface area (Å²) in [4.78, 5) is 28.9. The van der Waals surface area contributed by atoms with Crippen molar-refractivity contribution in [3.05, 3.63) is 47.5 Å². The number of aryl methyl sites for hydroxylation is 1. The summed E-state index contributed by atoms with van der Waals surface area (Å²) in [5, 5.41) is 3.75. The molecule has 0 aliphatic rings. The molecule has 1 aromatic carbocycles. The molecule has 0 amide bonds. The highest BCUT2D eigenvalue weighted by molar-refractivity contribution is 6.40. The van der Waals surface area contributed by atoms with Crippen LogP contribution >= 0.6 is 0 Å². The van der Waals surface area contributed by atoms with Crippen LogP contribution in [0.4, 0.5) is 0 Å². The SMILES string of the molecule is C=C(C(=O)OC)C(/C(=N\OC)C(=O)OCC)c1ccc(C)cc1. The molecule has 1 rings (SSSR count). The van der Waals surface area contributed by atoms with E-state index in [9.17, 15) is 9.59 Å². The number of carbonyl (C=O) groups is 2. The Kier molecular flexibility index (Phi) is 6.99. The van der Waals surface area contributed by atoms with Gasteiger partial charge >= 0.3 is 11.9 Å². The summed E-state index contributed by atoms with van der Waals surface area (Å²) in [6.45, 7) is 7.54. The third-order valence-corrected chi connectivity index (χ3v) is 3.15. The van der Waals surface area contributed by atoms with Crippen molar-refractivity contribution >= 4 is 17.7 Å². The lowest BCUT2D eigenvalue weighted by molar-refractivity contribution is -0.136. The first-order chi connectivity index (χ1) is 11.0. The first-order valence-corrected chi connectivity index (χ1v) is 7.08. The smallest absolute Gasteiger partial charge is 0.357 e. The highest BCUT2D eigenvalue weighted by Crippen LogP contribution is 2.27. The van der Waals surface area contributed by atoms with E-state index in [0.29, 0.717) is 5.56 Å². The number of hydrogen-bond acceptors (Lipinski definition) is 6. The van der Waals surface area contributed by atoms with E-state index in [2.05, 4.69) is 11.7 Å². The summed E-state index contributed by atoms with van der Waals surface area (Å²) >= 11 is 0. The van der Waals surface area contributed by atoms with Crippen LogP contribution in [-0.2, 0) is 23.9 Å². The number of esters is 2. The Hall–Kier alpha value is -2.63. The van der Waals surface area contributed by atoms with Crippen LogP contribution in [-0.4, -0.2) is 38.5 Å². The Labute approximate surface area is 135 Å². The van der Waals surface area contributed by atoms with E-state index >= 15 is 0 Å². The highest BCUT2D eigenvalue weighted by atomic mass is 16.6. The molecule has 0 aliphatic carbocycles. The van der Waals surface area contributed by atoms with Crippen LogP contribution in [0.5, 0.6) is 0 Å². The average molecular weight is 319 g/mol. The Morgan fingerprint density at radius 1 is 1.17 bits per heavy atom. The Morgan fingerprint density at radius 3 is 2.26 bits per heavy atom. The quantitative estimate of drug-likeness (QED) is 0.334. The molecule has 0 heterocycles. The van der Waals surface area contributed by atoms with Gasteiger partial charge in [0, 0.05) is 5.57 Å². The normalized spacial score (nSPS) is 12.3. The largest absolute Gasteiger partial charge is 0.466 e.